The van der Waals surface area contributed by atoms with Crippen LogP contribution in [0.15, 0.2) is 59.4 Å². The van der Waals surface area contributed by atoms with E-state index in [0.29, 0.717) is 28.3 Å². The van der Waals surface area contributed by atoms with Gasteiger partial charge in [-0.2, -0.15) is 4.98 Å². The summed E-state index contributed by atoms with van der Waals surface area (Å²) >= 11 is 0. The van der Waals surface area contributed by atoms with Gasteiger partial charge in [0.2, 0.25) is 0 Å². The molecule has 8 nitrogen and oxygen atoms in total. The lowest BCUT2D eigenvalue weighted by Crippen LogP contribution is -2.21. The first-order chi connectivity index (χ1) is 13.5. The number of ether oxygens (including phenoxy) is 2. The molecule has 0 spiro atoms. The quantitative estimate of drug-likeness (QED) is 0.659. The third-order valence-electron chi connectivity index (χ3n) is 3.94. The van der Waals surface area contributed by atoms with Crippen LogP contribution in [0.5, 0.6) is 5.75 Å². The lowest BCUT2D eigenvalue weighted by atomic mass is 10.1. The summed E-state index contributed by atoms with van der Waals surface area (Å²) in [6, 6.07) is 14.6. The van der Waals surface area contributed by atoms with Crippen LogP contribution in [0.1, 0.15) is 20.8 Å². The predicted molar refractivity (Wildman–Crippen MR) is 103 cm³/mol. The van der Waals surface area contributed by atoms with E-state index in [0.717, 1.165) is 0 Å². The van der Waals surface area contributed by atoms with E-state index >= 15 is 0 Å². The smallest absolute Gasteiger partial charge is 0.346 e. The Kier molecular flexibility index (Phi) is 5.50. The third kappa shape index (κ3) is 4.24. The lowest BCUT2D eigenvalue weighted by Gasteiger charge is -2.08. The summed E-state index contributed by atoms with van der Waals surface area (Å²) in [5.74, 6) is -0.317. The van der Waals surface area contributed by atoms with Gasteiger partial charge in [0.1, 0.15) is 11.4 Å². The Morgan fingerprint density at radius 3 is 2.29 bits per heavy atom. The average molecular weight is 379 g/mol. The van der Waals surface area contributed by atoms with Crippen LogP contribution in [0.2, 0.25) is 0 Å². The van der Waals surface area contributed by atoms with Crippen molar-refractivity contribution in [3.8, 4) is 17.0 Å². The van der Waals surface area contributed by atoms with Crippen molar-refractivity contribution in [2.45, 2.75) is 0 Å². The second kappa shape index (κ2) is 8.17. The maximum Gasteiger partial charge on any atom is 0.346 e. The van der Waals surface area contributed by atoms with Gasteiger partial charge in [0.25, 0.3) is 5.91 Å². The lowest BCUT2D eigenvalue weighted by molar-refractivity contribution is 0.0600. The van der Waals surface area contributed by atoms with Gasteiger partial charge in [-0.15, -0.1) is 0 Å². The molecule has 0 saturated carbocycles. The first kappa shape index (κ1) is 18.8. The fourth-order valence-electron chi connectivity index (χ4n) is 2.50. The first-order valence-electron chi connectivity index (χ1n) is 8.25. The van der Waals surface area contributed by atoms with Crippen LogP contribution in [0, 0.1) is 0 Å². The summed E-state index contributed by atoms with van der Waals surface area (Å²) in [4.78, 5) is 42.2. The number of hydrogen-bond donors (Lipinski definition) is 2. The standard InChI is InChI=1S/C20H17N3O5/c1-27-15-9-5-12(6-10-15)16-11-17(23-20(26)22-16)18(24)21-14-7-3-13(4-8-14)19(25)28-2/h3-11H,1-2H3,(H,21,24)(H,22,23,26). The van der Waals surface area contributed by atoms with Crippen LogP contribution in [0.4, 0.5) is 5.69 Å². The van der Waals surface area contributed by atoms with Crippen molar-refractivity contribution in [1.29, 1.82) is 0 Å². The number of H-pyrrole nitrogens is 1. The van der Waals surface area contributed by atoms with E-state index in [9.17, 15) is 14.4 Å². The molecular weight excluding hydrogens is 362 g/mol. The molecule has 0 unspecified atom stereocenters. The average Bonchev–Trinajstić information content (AvgIpc) is 2.73. The molecule has 0 fully saturated rings. The summed E-state index contributed by atoms with van der Waals surface area (Å²) in [6.45, 7) is 0. The Morgan fingerprint density at radius 1 is 1.00 bits per heavy atom. The molecule has 0 atom stereocenters. The van der Waals surface area contributed by atoms with E-state index in [1.807, 2.05) is 0 Å². The van der Waals surface area contributed by atoms with E-state index < -0.39 is 17.6 Å². The van der Waals surface area contributed by atoms with Gasteiger partial charge in [-0.25, -0.2) is 9.59 Å². The van der Waals surface area contributed by atoms with E-state index in [2.05, 4.69) is 20.0 Å². The molecule has 1 amide bonds. The summed E-state index contributed by atoms with van der Waals surface area (Å²) < 4.78 is 9.73. The largest absolute Gasteiger partial charge is 0.497 e. The first-order valence-corrected chi connectivity index (χ1v) is 8.25. The number of carbonyl (C=O) groups excluding carboxylic acids is 2. The number of nitrogens with zero attached hydrogens (tertiary/aromatic N) is 1. The molecule has 0 aliphatic heterocycles. The van der Waals surface area contributed by atoms with Gasteiger partial charge >= 0.3 is 11.7 Å². The van der Waals surface area contributed by atoms with Crippen LogP contribution in [-0.2, 0) is 4.74 Å². The van der Waals surface area contributed by atoms with E-state index in [1.165, 1.54) is 25.3 Å². The molecule has 0 aliphatic carbocycles. The van der Waals surface area contributed by atoms with Crippen molar-refractivity contribution in [2.75, 3.05) is 19.5 Å². The number of anilines is 1. The monoisotopic (exact) mass is 379 g/mol. The van der Waals surface area contributed by atoms with Crippen LogP contribution in [0.3, 0.4) is 0 Å². The summed E-state index contributed by atoms with van der Waals surface area (Å²) in [5, 5.41) is 2.66. The van der Waals surface area contributed by atoms with Gasteiger partial charge in [0.05, 0.1) is 25.5 Å². The van der Waals surface area contributed by atoms with Crippen LogP contribution >= 0.6 is 0 Å². The number of nitrogens with one attached hydrogen (secondary N) is 2. The number of methoxy groups -OCH3 is 2. The molecule has 1 heterocycles. The van der Waals surface area contributed by atoms with Crippen molar-refractivity contribution in [3.05, 3.63) is 76.3 Å². The summed E-state index contributed by atoms with van der Waals surface area (Å²) in [7, 11) is 2.85. The van der Waals surface area contributed by atoms with Crippen LogP contribution in [-0.4, -0.2) is 36.1 Å². The highest BCUT2D eigenvalue weighted by atomic mass is 16.5. The highest BCUT2D eigenvalue weighted by Crippen LogP contribution is 2.20. The van der Waals surface area contributed by atoms with E-state index in [4.69, 9.17) is 4.74 Å². The van der Waals surface area contributed by atoms with Crippen molar-refractivity contribution in [1.82, 2.24) is 9.97 Å². The molecule has 2 N–H and O–H groups in total. The van der Waals surface area contributed by atoms with Gasteiger partial charge < -0.3 is 19.8 Å². The Hall–Kier alpha value is -3.94. The molecule has 0 aliphatic rings. The van der Waals surface area contributed by atoms with Gasteiger partial charge in [0, 0.05) is 11.3 Å². The Labute approximate surface area is 160 Å². The normalized spacial score (nSPS) is 10.2. The second-order valence-electron chi connectivity index (χ2n) is 5.74. The maximum atomic E-state index is 12.5. The summed E-state index contributed by atoms with van der Waals surface area (Å²) in [5.41, 5.74) is 1.27. The zero-order valence-electron chi connectivity index (χ0n) is 15.2. The SMILES string of the molecule is COC(=O)c1ccc(NC(=O)c2cc(-c3ccc(OC)cc3)nc(=O)[nH]2)cc1. The summed E-state index contributed by atoms with van der Waals surface area (Å²) in [6.07, 6.45) is 0. The molecule has 0 radical (unpaired) electrons. The zero-order chi connectivity index (χ0) is 20.1. The predicted octanol–water partition coefficient (Wildman–Crippen LogP) is 2.48. The zero-order valence-corrected chi connectivity index (χ0v) is 15.2. The van der Waals surface area contributed by atoms with E-state index in [-0.39, 0.29) is 5.69 Å². The molecule has 142 valence electrons. The van der Waals surface area contributed by atoms with Gasteiger partial charge in [0.15, 0.2) is 0 Å². The fourth-order valence-corrected chi connectivity index (χ4v) is 2.50. The third-order valence-corrected chi connectivity index (χ3v) is 3.94. The maximum absolute atomic E-state index is 12.5. The van der Waals surface area contributed by atoms with Crippen molar-refractivity contribution < 1.29 is 19.1 Å². The van der Waals surface area contributed by atoms with E-state index in [1.54, 1.807) is 43.5 Å². The number of amides is 1. The number of hydrogen-bond acceptors (Lipinski definition) is 6. The minimum absolute atomic E-state index is 0.0582. The number of carbonyl (C=O) groups is 2. The Bertz CT molecular complexity index is 1060. The molecule has 0 saturated heterocycles. The van der Waals surface area contributed by atoms with Crippen molar-refractivity contribution >= 4 is 17.6 Å². The van der Waals surface area contributed by atoms with Gasteiger partial charge in [-0.3, -0.25) is 4.79 Å². The molecule has 28 heavy (non-hydrogen) atoms. The minimum Gasteiger partial charge on any atom is -0.497 e. The topological polar surface area (TPSA) is 110 Å². The van der Waals surface area contributed by atoms with Gasteiger partial charge in [-0.05, 0) is 54.6 Å². The molecule has 2 aromatic carbocycles. The number of esters is 1. The number of aromatic amines is 1. The molecule has 8 heteroatoms. The second-order valence-corrected chi connectivity index (χ2v) is 5.74. The molecule has 3 aromatic rings. The highest BCUT2D eigenvalue weighted by Gasteiger charge is 2.12. The fraction of sp³-hybridized carbons (Fsp3) is 0.100. The van der Waals surface area contributed by atoms with Crippen LogP contribution < -0.4 is 15.7 Å². The Morgan fingerprint density at radius 2 is 1.68 bits per heavy atom. The molecule has 0 bridgehead atoms. The van der Waals surface area contributed by atoms with Gasteiger partial charge in [-0.1, -0.05) is 0 Å². The van der Waals surface area contributed by atoms with Crippen LogP contribution in [0.25, 0.3) is 11.3 Å². The Balaban J connectivity index is 1.82. The molecular formula is C20H17N3O5. The number of rotatable bonds is 5. The molecule has 3 rings (SSSR count). The van der Waals surface area contributed by atoms with Crippen molar-refractivity contribution in [3.63, 3.8) is 0 Å². The molecule has 1 aromatic heterocycles. The van der Waals surface area contributed by atoms with Crippen molar-refractivity contribution in [2.24, 2.45) is 0 Å². The number of benzene rings is 2. The highest BCUT2D eigenvalue weighted by molar-refractivity contribution is 6.03. The minimum atomic E-state index is -0.639. The number of aromatic nitrogens is 2.